The van der Waals surface area contributed by atoms with E-state index in [-0.39, 0.29) is 17.3 Å². The summed E-state index contributed by atoms with van der Waals surface area (Å²) in [6, 6.07) is 6.15. The number of alkyl halides is 1. The summed E-state index contributed by atoms with van der Waals surface area (Å²) < 4.78 is 25.0. The van der Waals surface area contributed by atoms with Crippen molar-refractivity contribution in [2.75, 3.05) is 19.5 Å². The zero-order valence-electron chi connectivity index (χ0n) is 8.15. The highest BCUT2D eigenvalue weighted by Crippen LogP contribution is 2.18. The largest absolute Gasteiger partial charge is 0.242 e. The first-order chi connectivity index (χ1) is 6.98. The van der Waals surface area contributed by atoms with Gasteiger partial charge < -0.3 is 0 Å². The molecule has 15 heavy (non-hydrogen) atoms. The second-order valence-corrected chi connectivity index (χ2v) is 5.83. The molecule has 0 unspecified atom stereocenters. The van der Waals surface area contributed by atoms with E-state index in [4.69, 9.17) is 23.2 Å². The first-order valence-corrected chi connectivity index (χ1v) is 6.61. The molecule has 1 aromatic rings. The van der Waals surface area contributed by atoms with Gasteiger partial charge in [-0.1, -0.05) is 17.7 Å². The summed E-state index contributed by atoms with van der Waals surface area (Å²) in [5.41, 5.74) is 0. The number of benzene rings is 1. The van der Waals surface area contributed by atoms with Gasteiger partial charge in [-0.05, 0) is 18.2 Å². The second-order valence-electron chi connectivity index (χ2n) is 2.97. The Morgan fingerprint density at radius 1 is 1.40 bits per heavy atom. The molecule has 1 aromatic carbocycles. The first kappa shape index (κ1) is 12.8. The van der Waals surface area contributed by atoms with E-state index in [2.05, 4.69) is 0 Å². The minimum absolute atomic E-state index is 0.183. The van der Waals surface area contributed by atoms with E-state index in [1.54, 1.807) is 12.1 Å². The first-order valence-electron chi connectivity index (χ1n) is 4.26. The highest BCUT2D eigenvalue weighted by Gasteiger charge is 2.19. The summed E-state index contributed by atoms with van der Waals surface area (Å²) >= 11 is 11.2. The van der Waals surface area contributed by atoms with Crippen molar-refractivity contribution in [3.63, 3.8) is 0 Å². The molecule has 84 valence electrons. The summed E-state index contributed by atoms with van der Waals surface area (Å²) in [6.07, 6.45) is 0. The maximum atomic E-state index is 11.9. The highest BCUT2D eigenvalue weighted by atomic mass is 35.5. The predicted octanol–water partition coefficient (Wildman–Crippen LogP) is 2.20. The van der Waals surface area contributed by atoms with Crippen molar-refractivity contribution in [3.05, 3.63) is 29.3 Å². The molecule has 1 rings (SSSR count). The molecule has 0 heterocycles. The van der Waals surface area contributed by atoms with Crippen LogP contribution in [0.25, 0.3) is 0 Å². The Morgan fingerprint density at radius 3 is 2.60 bits per heavy atom. The number of halogens is 2. The molecule has 0 aliphatic rings. The minimum Gasteiger partial charge on any atom is -0.207 e. The molecule has 0 aromatic heterocycles. The quantitative estimate of drug-likeness (QED) is 0.785. The Morgan fingerprint density at radius 2 is 2.07 bits per heavy atom. The van der Waals surface area contributed by atoms with Crippen LogP contribution in [0, 0.1) is 0 Å². The molecule has 0 spiro atoms. The lowest BCUT2D eigenvalue weighted by molar-refractivity contribution is 0.488. The SMILES string of the molecule is CN(CCCl)S(=O)(=O)c1cccc(Cl)c1. The van der Waals surface area contributed by atoms with Gasteiger partial charge in [0, 0.05) is 24.5 Å². The van der Waals surface area contributed by atoms with E-state index in [0.717, 1.165) is 0 Å². The maximum Gasteiger partial charge on any atom is 0.242 e. The topological polar surface area (TPSA) is 37.4 Å². The molecule has 0 saturated heterocycles. The third-order valence-electron chi connectivity index (χ3n) is 1.90. The third kappa shape index (κ3) is 3.08. The van der Waals surface area contributed by atoms with Crippen LogP contribution in [0.5, 0.6) is 0 Å². The van der Waals surface area contributed by atoms with Gasteiger partial charge in [0.1, 0.15) is 0 Å². The molecule has 6 heteroatoms. The molecular formula is C9H11Cl2NO2S. The van der Waals surface area contributed by atoms with Crippen LogP contribution in [0.2, 0.25) is 5.02 Å². The highest BCUT2D eigenvalue weighted by molar-refractivity contribution is 7.89. The average molecular weight is 268 g/mol. The molecule has 0 aliphatic heterocycles. The van der Waals surface area contributed by atoms with Gasteiger partial charge in [0.25, 0.3) is 0 Å². The van der Waals surface area contributed by atoms with Crippen LogP contribution >= 0.6 is 23.2 Å². The van der Waals surface area contributed by atoms with E-state index in [1.807, 2.05) is 0 Å². The zero-order chi connectivity index (χ0) is 11.5. The molecule has 0 aliphatic carbocycles. The van der Waals surface area contributed by atoms with Crippen LogP contribution in [-0.4, -0.2) is 32.2 Å². The lowest BCUT2D eigenvalue weighted by atomic mass is 10.4. The number of rotatable bonds is 4. The van der Waals surface area contributed by atoms with Gasteiger partial charge in [0.2, 0.25) is 10.0 Å². The molecule has 0 fully saturated rings. The van der Waals surface area contributed by atoms with E-state index < -0.39 is 10.0 Å². The fraction of sp³-hybridized carbons (Fsp3) is 0.333. The Hall–Kier alpha value is -0.290. The standard InChI is InChI=1S/C9H11Cl2NO2S/c1-12(6-5-10)15(13,14)9-4-2-3-8(11)7-9/h2-4,7H,5-6H2,1H3. The molecule has 0 radical (unpaired) electrons. The monoisotopic (exact) mass is 267 g/mol. The minimum atomic E-state index is -3.46. The van der Waals surface area contributed by atoms with Gasteiger partial charge in [-0.2, -0.15) is 4.31 Å². The third-order valence-corrected chi connectivity index (χ3v) is 4.16. The zero-order valence-corrected chi connectivity index (χ0v) is 10.5. The van der Waals surface area contributed by atoms with E-state index in [1.165, 1.54) is 23.5 Å². The van der Waals surface area contributed by atoms with Crippen LogP contribution in [0.4, 0.5) is 0 Å². The van der Waals surface area contributed by atoms with Crippen molar-refractivity contribution in [2.24, 2.45) is 0 Å². The lowest BCUT2D eigenvalue weighted by Gasteiger charge is -2.15. The Balaban J connectivity index is 3.06. The second kappa shape index (κ2) is 5.16. The molecule has 0 bridgehead atoms. The van der Waals surface area contributed by atoms with Crippen molar-refractivity contribution in [1.29, 1.82) is 0 Å². The van der Waals surface area contributed by atoms with Crippen molar-refractivity contribution in [3.8, 4) is 0 Å². The Bertz CT molecular complexity index is 433. The van der Waals surface area contributed by atoms with Crippen LogP contribution < -0.4 is 0 Å². The summed E-state index contributed by atoms with van der Waals surface area (Å²) in [5, 5.41) is 0.398. The van der Waals surface area contributed by atoms with Crippen LogP contribution in [0.3, 0.4) is 0 Å². The average Bonchev–Trinajstić information content (AvgIpc) is 2.18. The molecule has 0 N–H and O–H groups in total. The van der Waals surface area contributed by atoms with Crippen molar-refractivity contribution in [2.45, 2.75) is 4.90 Å². The number of sulfonamides is 1. The van der Waals surface area contributed by atoms with Crippen molar-refractivity contribution >= 4 is 33.2 Å². The van der Waals surface area contributed by atoms with Crippen LogP contribution in [0.15, 0.2) is 29.2 Å². The number of hydrogen-bond donors (Lipinski definition) is 0. The Kier molecular flexibility index (Phi) is 4.40. The fourth-order valence-corrected chi connectivity index (χ4v) is 2.87. The summed E-state index contributed by atoms with van der Waals surface area (Å²) in [6.45, 7) is 0.274. The van der Waals surface area contributed by atoms with E-state index >= 15 is 0 Å². The normalized spacial score (nSPS) is 12.0. The van der Waals surface area contributed by atoms with Gasteiger partial charge in [0.15, 0.2) is 0 Å². The molecule has 0 saturated carbocycles. The summed E-state index contributed by atoms with van der Waals surface area (Å²) in [7, 11) is -1.97. The van der Waals surface area contributed by atoms with Gasteiger partial charge in [-0.25, -0.2) is 8.42 Å². The van der Waals surface area contributed by atoms with E-state index in [0.29, 0.717) is 5.02 Å². The van der Waals surface area contributed by atoms with Crippen molar-refractivity contribution in [1.82, 2.24) is 4.31 Å². The van der Waals surface area contributed by atoms with Crippen molar-refractivity contribution < 1.29 is 8.42 Å². The maximum absolute atomic E-state index is 11.9. The summed E-state index contributed by atoms with van der Waals surface area (Å²) in [4.78, 5) is 0.183. The molecule has 0 amide bonds. The smallest absolute Gasteiger partial charge is 0.207 e. The van der Waals surface area contributed by atoms with Gasteiger partial charge in [0.05, 0.1) is 4.90 Å². The van der Waals surface area contributed by atoms with Gasteiger partial charge in [-0.3, -0.25) is 0 Å². The lowest BCUT2D eigenvalue weighted by Crippen LogP contribution is -2.28. The number of hydrogen-bond acceptors (Lipinski definition) is 2. The van der Waals surface area contributed by atoms with Crippen LogP contribution in [0.1, 0.15) is 0 Å². The summed E-state index contributed by atoms with van der Waals surface area (Å²) in [5.74, 6) is 0.260. The molecule has 3 nitrogen and oxygen atoms in total. The predicted molar refractivity (Wildman–Crippen MR) is 62.0 cm³/mol. The molecule has 0 atom stereocenters. The van der Waals surface area contributed by atoms with Gasteiger partial charge >= 0.3 is 0 Å². The fourth-order valence-electron chi connectivity index (χ4n) is 1.05. The Labute approximate surface area is 99.7 Å². The number of nitrogens with zero attached hydrogens (tertiary/aromatic N) is 1. The van der Waals surface area contributed by atoms with Gasteiger partial charge in [-0.15, -0.1) is 11.6 Å². The van der Waals surface area contributed by atoms with Crippen LogP contribution in [-0.2, 0) is 10.0 Å². The molecular weight excluding hydrogens is 257 g/mol. The van der Waals surface area contributed by atoms with E-state index in [9.17, 15) is 8.42 Å².